The zero-order valence-corrected chi connectivity index (χ0v) is 14.6. The van der Waals surface area contributed by atoms with Gasteiger partial charge in [0.15, 0.2) is 0 Å². The van der Waals surface area contributed by atoms with E-state index in [-0.39, 0.29) is 31.2 Å². The predicted octanol–water partition coefficient (Wildman–Crippen LogP) is 1.54. The van der Waals surface area contributed by atoms with Crippen LogP contribution in [0.2, 0.25) is 0 Å². The van der Waals surface area contributed by atoms with E-state index < -0.39 is 12.1 Å². The third-order valence-electron chi connectivity index (χ3n) is 4.47. The van der Waals surface area contributed by atoms with Gasteiger partial charge in [-0.3, -0.25) is 14.5 Å². The molecule has 2 heterocycles. The van der Waals surface area contributed by atoms with E-state index in [4.69, 9.17) is 0 Å². The van der Waals surface area contributed by atoms with Crippen LogP contribution >= 0.6 is 0 Å². The number of amides is 4. The lowest BCUT2D eigenvalue weighted by molar-refractivity contribution is -0.128. The summed E-state index contributed by atoms with van der Waals surface area (Å²) >= 11 is 0. The molecule has 0 saturated carbocycles. The van der Waals surface area contributed by atoms with Crippen LogP contribution in [-0.4, -0.2) is 33.4 Å². The molecule has 26 heavy (non-hydrogen) atoms. The summed E-state index contributed by atoms with van der Waals surface area (Å²) in [6.07, 6.45) is 2.38. The number of aromatic nitrogens is 1. The number of aryl methyl sites for hydroxylation is 1. The number of urea groups is 1. The lowest BCUT2D eigenvalue weighted by Gasteiger charge is -2.13. The molecule has 1 aliphatic heterocycles. The standard InChI is InChI=1S/C19H22N4O3/c1-22-11-5-8-15(22)12-20-17(24)10-9-16-18(25)23(19(26)21-16)13-14-6-3-2-4-7-14/h2-8,11,16H,9-10,12-13H2,1H3,(H,20,24)(H,21,26)/t16-/m1/s1. The second-order valence-corrected chi connectivity index (χ2v) is 6.34. The summed E-state index contributed by atoms with van der Waals surface area (Å²) in [6.45, 7) is 0.676. The molecular formula is C19H22N4O3. The predicted molar refractivity (Wildman–Crippen MR) is 95.8 cm³/mol. The lowest BCUT2D eigenvalue weighted by atomic mass is 10.1. The first kappa shape index (κ1) is 17.7. The first-order valence-electron chi connectivity index (χ1n) is 8.57. The van der Waals surface area contributed by atoms with Gasteiger partial charge in [-0.2, -0.15) is 0 Å². The Morgan fingerprint density at radius 2 is 1.92 bits per heavy atom. The molecule has 7 nitrogen and oxygen atoms in total. The van der Waals surface area contributed by atoms with Gasteiger partial charge in [-0.25, -0.2) is 4.79 Å². The quantitative estimate of drug-likeness (QED) is 0.740. The number of nitrogens with zero attached hydrogens (tertiary/aromatic N) is 2. The number of imide groups is 1. The third kappa shape index (κ3) is 4.11. The van der Waals surface area contributed by atoms with E-state index >= 15 is 0 Å². The number of hydrogen-bond donors (Lipinski definition) is 2. The van der Waals surface area contributed by atoms with Gasteiger partial charge in [0.05, 0.1) is 13.1 Å². The molecule has 0 spiro atoms. The molecule has 2 aromatic rings. The van der Waals surface area contributed by atoms with Crippen molar-refractivity contribution in [3.8, 4) is 0 Å². The molecule has 1 aromatic carbocycles. The van der Waals surface area contributed by atoms with Gasteiger partial charge < -0.3 is 15.2 Å². The average Bonchev–Trinajstić information content (AvgIpc) is 3.17. The molecular weight excluding hydrogens is 332 g/mol. The van der Waals surface area contributed by atoms with Gasteiger partial charge in [-0.15, -0.1) is 0 Å². The fourth-order valence-corrected chi connectivity index (χ4v) is 2.92. The molecule has 0 bridgehead atoms. The SMILES string of the molecule is Cn1cccc1CNC(=O)CC[C@H]1NC(=O)N(Cc2ccccc2)C1=O. The third-order valence-corrected chi connectivity index (χ3v) is 4.47. The molecule has 0 radical (unpaired) electrons. The van der Waals surface area contributed by atoms with Gasteiger partial charge >= 0.3 is 6.03 Å². The molecule has 7 heteroatoms. The van der Waals surface area contributed by atoms with Crippen molar-refractivity contribution in [2.24, 2.45) is 7.05 Å². The number of carbonyl (C=O) groups is 3. The van der Waals surface area contributed by atoms with E-state index in [2.05, 4.69) is 10.6 Å². The summed E-state index contributed by atoms with van der Waals surface area (Å²) in [5.41, 5.74) is 1.88. The van der Waals surface area contributed by atoms with E-state index in [1.807, 2.05) is 60.3 Å². The molecule has 1 fully saturated rings. The summed E-state index contributed by atoms with van der Waals surface area (Å²) in [4.78, 5) is 37.7. The molecule has 0 aliphatic carbocycles. The Morgan fingerprint density at radius 1 is 1.15 bits per heavy atom. The Balaban J connectivity index is 1.48. The molecule has 1 atom stereocenters. The van der Waals surface area contributed by atoms with Crippen LogP contribution in [0.15, 0.2) is 48.7 Å². The highest BCUT2D eigenvalue weighted by Gasteiger charge is 2.37. The summed E-state index contributed by atoms with van der Waals surface area (Å²) in [7, 11) is 1.91. The topological polar surface area (TPSA) is 83.4 Å². The summed E-state index contributed by atoms with van der Waals surface area (Å²) in [6, 6.07) is 12.1. The molecule has 3 rings (SSSR count). The van der Waals surface area contributed by atoms with Gasteiger partial charge in [0.2, 0.25) is 5.91 Å². The van der Waals surface area contributed by atoms with E-state index in [1.54, 1.807) is 0 Å². The van der Waals surface area contributed by atoms with Crippen molar-refractivity contribution in [2.45, 2.75) is 32.0 Å². The highest BCUT2D eigenvalue weighted by Crippen LogP contribution is 2.15. The lowest BCUT2D eigenvalue weighted by Crippen LogP contribution is -2.32. The highest BCUT2D eigenvalue weighted by molar-refractivity contribution is 6.04. The second kappa shape index (κ2) is 7.86. The molecule has 136 valence electrons. The van der Waals surface area contributed by atoms with Crippen LogP contribution in [0, 0.1) is 0 Å². The summed E-state index contributed by atoms with van der Waals surface area (Å²) < 4.78 is 1.93. The first-order valence-corrected chi connectivity index (χ1v) is 8.57. The van der Waals surface area contributed by atoms with Crippen LogP contribution < -0.4 is 10.6 Å². The van der Waals surface area contributed by atoms with Gasteiger partial charge in [0.1, 0.15) is 6.04 Å². The minimum Gasteiger partial charge on any atom is -0.353 e. The smallest absolute Gasteiger partial charge is 0.325 e. The van der Waals surface area contributed by atoms with Crippen molar-refractivity contribution < 1.29 is 14.4 Å². The molecule has 4 amide bonds. The number of hydrogen-bond acceptors (Lipinski definition) is 3. The highest BCUT2D eigenvalue weighted by atomic mass is 16.2. The zero-order valence-electron chi connectivity index (χ0n) is 14.6. The molecule has 2 N–H and O–H groups in total. The Kier molecular flexibility index (Phi) is 5.36. The van der Waals surface area contributed by atoms with E-state index in [1.165, 1.54) is 4.90 Å². The van der Waals surface area contributed by atoms with Crippen molar-refractivity contribution in [3.63, 3.8) is 0 Å². The minimum atomic E-state index is -0.646. The maximum atomic E-state index is 12.4. The Morgan fingerprint density at radius 3 is 2.62 bits per heavy atom. The number of nitrogens with one attached hydrogen (secondary N) is 2. The molecule has 1 aliphatic rings. The molecule has 0 unspecified atom stereocenters. The second-order valence-electron chi connectivity index (χ2n) is 6.34. The monoisotopic (exact) mass is 354 g/mol. The largest absolute Gasteiger partial charge is 0.353 e. The Bertz CT molecular complexity index is 800. The molecule has 1 saturated heterocycles. The summed E-state index contributed by atoms with van der Waals surface area (Å²) in [5, 5.41) is 5.49. The fourth-order valence-electron chi connectivity index (χ4n) is 2.92. The van der Waals surface area contributed by atoms with Crippen LogP contribution in [0.5, 0.6) is 0 Å². The van der Waals surface area contributed by atoms with E-state index in [0.29, 0.717) is 6.54 Å². The van der Waals surface area contributed by atoms with E-state index in [9.17, 15) is 14.4 Å². The van der Waals surface area contributed by atoms with Crippen LogP contribution in [0.25, 0.3) is 0 Å². The maximum Gasteiger partial charge on any atom is 0.325 e. The Labute approximate surface area is 152 Å². The van der Waals surface area contributed by atoms with Crippen molar-refractivity contribution >= 4 is 17.8 Å². The fraction of sp³-hybridized carbons (Fsp3) is 0.316. The molecule has 1 aromatic heterocycles. The summed E-state index contributed by atoms with van der Waals surface area (Å²) in [5.74, 6) is -0.427. The van der Waals surface area contributed by atoms with Gasteiger partial charge in [0, 0.05) is 25.4 Å². The van der Waals surface area contributed by atoms with Crippen LogP contribution in [-0.2, 0) is 29.7 Å². The van der Waals surface area contributed by atoms with Crippen LogP contribution in [0.4, 0.5) is 4.79 Å². The Hall–Kier alpha value is -3.09. The van der Waals surface area contributed by atoms with Crippen LogP contribution in [0.1, 0.15) is 24.1 Å². The van der Waals surface area contributed by atoms with Gasteiger partial charge in [0.25, 0.3) is 5.91 Å². The minimum absolute atomic E-state index is 0.144. The van der Waals surface area contributed by atoms with Crippen molar-refractivity contribution in [2.75, 3.05) is 0 Å². The number of benzene rings is 1. The van der Waals surface area contributed by atoms with Crippen LogP contribution in [0.3, 0.4) is 0 Å². The number of rotatable bonds is 7. The van der Waals surface area contributed by atoms with Gasteiger partial charge in [-0.05, 0) is 24.1 Å². The van der Waals surface area contributed by atoms with E-state index in [0.717, 1.165) is 11.3 Å². The average molecular weight is 354 g/mol. The van der Waals surface area contributed by atoms with Crippen molar-refractivity contribution in [1.29, 1.82) is 0 Å². The van der Waals surface area contributed by atoms with Gasteiger partial charge in [-0.1, -0.05) is 30.3 Å². The first-order chi connectivity index (χ1) is 12.5. The number of carbonyl (C=O) groups excluding carboxylic acids is 3. The zero-order chi connectivity index (χ0) is 18.5. The maximum absolute atomic E-state index is 12.4. The van der Waals surface area contributed by atoms with Crippen molar-refractivity contribution in [3.05, 3.63) is 59.9 Å². The normalized spacial score (nSPS) is 16.7. The van der Waals surface area contributed by atoms with Crippen molar-refractivity contribution in [1.82, 2.24) is 20.1 Å².